The normalized spacial score (nSPS) is 10.5. The topological polar surface area (TPSA) is 77.5 Å². The number of hydrogen-bond acceptors (Lipinski definition) is 4. The number of carbonyl (C=O) groups excluding carboxylic acids is 1. The summed E-state index contributed by atoms with van der Waals surface area (Å²) in [6, 6.07) is 6.66. The van der Waals surface area contributed by atoms with E-state index in [-0.39, 0.29) is 12.5 Å². The number of amides is 1. The Morgan fingerprint density at radius 3 is 2.82 bits per heavy atom. The van der Waals surface area contributed by atoms with Crippen LogP contribution in [0.1, 0.15) is 22.5 Å². The maximum absolute atomic E-state index is 11.8. The Hall–Kier alpha value is -1.69. The molecule has 0 saturated carbocycles. The van der Waals surface area contributed by atoms with Crippen LogP contribution in [-0.2, 0) is 6.54 Å². The van der Waals surface area contributed by atoms with Crippen molar-refractivity contribution in [3.63, 3.8) is 0 Å². The third-order valence-corrected chi connectivity index (χ3v) is 3.41. The number of hydrogen-bond donors (Lipinski definition) is 2. The molecule has 2 aromatic rings. The minimum absolute atomic E-state index is 0.201. The van der Waals surface area contributed by atoms with E-state index in [1.807, 2.05) is 0 Å². The summed E-state index contributed by atoms with van der Waals surface area (Å²) in [5.74, 6) is 0.943. The van der Waals surface area contributed by atoms with Gasteiger partial charge < -0.3 is 20.2 Å². The predicted molar refractivity (Wildman–Crippen MR) is 85.5 cm³/mol. The lowest BCUT2D eigenvalue weighted by atomic mass is 10.3. The van der Waals surface area contributed by atoms with Crippen LogP contribution in [0.4, 0.5) is 0 Å². The van der Waals surface area contributed by atoms with Crippen molar-refractivity contribution in [2.24, 2.45) is 5.73 Å². The van der Waals surface area contributed by atoms with E-state index in [1.54, 1.807) is 24.3 Å². The van der Waals surface area contributed by atoms with Crippen LogP contribution in [0.25, 0.3) is 0 Å². The van der Waals surface area contributed by atoms with E-state index in [0.717, 1.165) is 0 Å². The smallest absolute Gasteiger partial charge is 0.254 e. The van der Waals surface area contributed by atoms with Crippen LogP contribution in [-0.4, -0.2) is 19.1 Å². The zero-order chi connectivity index (χ0) is 15.9. The third kappa shape index (κ3) is 4.66. The van der Waals surface area contributed by atoms with E-state index in [1.165, 1.54) is 6.26 Å². The maximum atomic E-state index is 11.8. The van der Waals surface area contributed by atoms with Crippen molar-refractivity contribution >= 4 is 29.1 Å². The minimum atomic E-state index is -0.201. The van der Waals surface area contributed by atoms with Crippen LogP contribution in [0, 0.1) is 0 Å². The molecule has 0 aliphatic rings. The largest absolute Gasteiger partial charge is 0.492 e. The second-order valence-corrected chi connectivity index (χ2v) is 5.38. The monoisotopic (exact) mass is 342 g/mol. The summed E-state index contributed by atoms with van der Waals surface area (Å²) in [5.41, 5.74) is 5.88. The van der Waals surface area contributed by atoms with E-state index in [4.69, 9.17) is 38.1 Å². The lowest BCUT2D eigenvalue weighted by Gasteiger charge is -2.08. The summed E-state index contributed by atoms with van der Waals surface area (Å²) in [7, 11) is 0. The van der Waals surface area contributed by atoms with Crippen LogP contribution in [0.2, 0.25) is 10.0 Å². The Morgan fingerprint density at radius 1 is 1.32 bits per heavy atom. The molecule has 2 rings (SSSR count). The molecule has 1 amide bonds. The molecular weight excluding hydrogens is 327 g/mol. The fraction of sp³-hybridized carbons (Fsp3) is 0.267. The number of carbonyl (C=O) groups is 1. The molecule has 0 aliphatic carbocycles. The van der Waals surface area contributed by atoms with Gasteiger partial charge in [0.1, 0.15) is 17.8 Å². The molecule has 0 saturated heterocycles. The molecule has 0 radical (unpaired) electrons. The van der Waals surface area contributed by atoms with Crippen molar-refractivity contribution < 1.29 is 13.9 Å². The molecule has 7 heteroatoms. The quantitative estimate of drug-likeness (QED) is 0.757. The molecule has 1 heterocycles. The van der Waals surface area contributed by atoms with E-state index >= 15 is 0 Å². The molecule has 0 spiro atoms. The van der Waals surface area contributed by atoms with Gasteiger partial charge in [0.15, 0.2) is 0 Å². The average Bonchev–Trinajstić information content (AvgIpc) is 2.97. The first kappa shape index (κ1) is 16.7. The van der Waals surface area contributed by atoms with Gasteiger partial charge in [-0.1, -0.05) is 23.2 Å². The summed E-state index contributed by atoms with van der Waals surface area (Å²) in [5, 5.41) is 3.79. The van der Waals surface area contributed by atoms with Gasteiger partial charge in [-0.2, -0.15) is 0 Å². The predicted octanol–water partition coefficient (Wildman–Crippen LogP) is 3.24. The van der Waals surface area contributed by atoms with Gasteiger partial charge in [-0.05, 0) is 30.7 Å². The average molecular weight is 343 g/mol. The molecule has 0 bridgehead atoms. The molecular formula is C15H16Cl2N2O3. The van der Waals surface area contributed by atoms with Crippen molar-refractivity contribution in [2.45, 2.75) is 13.0 Å². The molecule has 1 aromatic carbocycles. The van der Waals surface area contributed by atoms with Crippen LogP contribution in [0.15, 0.2) is 34.9 Å². The van der Waals surface area contributed by atoms with E-state index in [2.05, 4.69) is 5.32 Å². The summed E-state index contributed by atoms with van der Waals surface area (Å²) in [6.07, 6.45) is 2.04. The second-order valence-electron chi connectivity index (χ2n) is 4.54. The highest BCUT2D eigenvalue weighted by Crippen LogP contribution is 2.27. The van der Waals surface area contributed by atoms with E-state index in [0.29, 0.717) is 46.7 Å². The minimum Gasteiger partial charge on any atom is -0.492 e. The first-order chi connectivity index (χ1) is 10.6. The van der Waals surface area contributed by atoms with Gasteiger partial charge in [-0.3, -0.25) is 4.79 Å². The van der Waals surface area contributed by atoms with Crippen molar-refractivity contribution in [3.8, 4) is 5.75 Å². The van der Waals surface area contributed by atoms with Gasteiger partial charge in [0.2, 0.25) is 0 Å². The highest BCUT2D eigenvalue weighted by molar-refractivity contribution is 6.35. The number of nitrogens with one attached hydrogen (secondary N) is 1. The molecule has 3 N–H and O–H groups in total. The van der Waals surface area contributed by atoms with Crippen molar-refractivity contribution in [1.82, 2.24) is 5.32 Å². The molecule has 0 unspecified atom stereocenters. The summed E-state index contributed by atoms with van der Waals surface area (Å²) in [6.45, 7) is 1.18. The van der Waals surface area contributed by atoms with Crippen LogP contribution < -0.4 is 15.8 Å². The zero-order valence-corrected chi connectivity index (χ0v) is 13.3. The number of benzene rings is 1. The number of furan rings is 1. The Labute approximate surface area is 138 Å². The fourth-order valence-electron chi connectivity index (χ4n) is 1.76. The van der Waals surface area contributed by atoms with Crippen LogP contribution in [0.3, 0.4) is 0 Å². The van der Waals surface area contributed by atoms with Gasteiger partial charge in [0, 0.05) is 11.6 Å². The highest BCUT2D eigenvalue weighted by atomic mass is 35.5. The van der Waals surface area contributed by atoms with Gasteiger partial charge in [-0.15, -0.1) is 0 Å². The molecule has 5 nitrogen and oxygen atoms in total. The molecule has 0 aliphatic heterocycles. The van der Waals surface area contributed by atoms with E-state index in [9.17, 15) is 4.79 Å². The summed E-state index contributed by atoms with van der Waals surface area (Å²) in [4.78, 5) is 11.8. The number of rotatable bonds is 7. The third-order valence-electron chi connectivity index (χ3n) is 2.88. The number of halogens is 2. The zero-order valence-electron chi connectivity index (χ0n) is 11.8. The SMILES string of the molecule is NCc1cc(C(=O)NCCCOc2ccc(Cl)cc2Cl)co1. The Kier molecular flexibility index (Phi) is 6.12. The summed E-state index contributed by atoms with van der Waals surface area (Å²) < 4.78 is 10.6. The molecule has 118 valence electrons. The first-order valence-electron chi connectivity index (χ1n) is 6.73. The van der Waals surface area contributed by atoms with Crippen molar-refractivity contribution in [1.29, 1.82) is 0 Å². The van der Waals surface area contributed by atoms with Crippen molar-refractivity contribution in [3.05, 3.63) is 51.9 Å². The molecule has 0 atom stereocenters. The Bertz CT molecular complexity index is 643. The van der Waals surface area contributed by atoms with E-state index < -0.39 is 0 Å². The Morgan fingerprint density at radius 2 is 2.14 bits per heavy atom. The molecule has 0 fully saturated rings. The lowest BCUT2D eigenvalue weighted by Crippen LogP contribution is -2.25. The second kappa shape index (κ2) is 8.08. The fourth-order valence-corrected chi connectivity index (χ4v) is 2.22. The van der Waals surface area contributed by atoms with Crippen LogP contribution >= 0.6 is 23.2 Å². The standard InChI is InChI=1S/C15H16Cl2N2O3/c16-11-2-3-14(13(17)7-11)21-5-1-4-19-15(20)10-6-12(8-18)22-9-10/h2-3,6-7,9H,1,4-5,8,18H2,(H,19,20). The van der Waals surface area contributed by atoms with Gasteiger partial charge >= 0.3 is 0 Å². The first-order valence-corrected chi connectivity index (χ1v) is 7.49. The van der Waals surface area contributed by atoms with Gasteiger partial charge in [0.25, 0.3) is 5.91 Å². The van der Waals surface area contributed by atoms with Crippen molar-refractivity contribution in [2.75, 3.05) is 13.2 Å². The number of ether oxygens (including phenoxy) is 1. The van der Waals surface area contributed by atoms with Gasteiger partial charge in [0.05, 0.1) is 23.7 Å². The molecule has 22 heavy (non-hydrogen) atoms. The maximum Gasteiger partial charge on any atom is 0.254 e. The number of nitrogens with two attached hydrogens (primary N) is 1. The highest BCUT2D eigenvalue weighted by Gasteiger charge is 2.09. The van der Waals surface area contributed by atoms with Crippen LogP contribution in [0.5, 0.6) is 5.75 Å². The molecule has 1 aromatic heterocycles. The lowest BCUT2D eigenvalue weighted by molar-refractivity contribution is 0.0951. The summed E-state index contributed by atoms with van der Waals surface area (Å²) >= 11 is 11.8. The Balaban J connectivity index is 1.69. The van der Waals surface area contributed by atoms with Gasteiger partial charge in [-0.25, -0.2) is 0 Å².